The lowest BCUT2D eigenvalue weighted by molar-refractivity contribution is -0.150. The molecular formula is C16H17N5O7S3. The molecule has 31 heavy (non-hydrogen) atoms. The minimum absolute atomic E-state index is 0.0543. The van der Waals surface area contributed by atoms with Crippen LogP contribution in [-0.4, -0.2) is 85.3 Å². The number of thioether (sulfide) groups is 2. The molecule has 0 spiro atoms. The average molecular weight is 488 g/mol. The first kappa shape index (κ1) is 22.9. The Labute approximate surface area is 187 Å². The van der Waals surface area contributed by atoms with E-state index in [0.29, 0.717) is 17.1 Å². The van der Waals surface area contributed by atoms with Crippen LogP contribution in [0.15, 0.2) is 21.8 Å². The number of amides is 2. The van der Waals surface area contributed by atoms with Crippen LogP contribution < -0.4 is 11.1 Å². The fourth-order valence-electron chi connectivity index (χ4n) is 2.93. The van der Waals surface area contributed by atoms with Crippen LogP contribution in [0.25, 0.3) is 0 Å². The number of aliphatic carboxylic acids is 2. The molecule has 1 saturated heterocycles. The molecule has 2 amide bonds. The summed E-state index contributed by atoms with van der Waals surface area (Å²) in [6, 6.07) is -0.983. The standard InChI is InChI=1S/C16H17N5O7S3/c1-29-3-6-4-30-14-10(13(25)21(14)11(6)15(26)27)19-12(24)9(20-28-2-8(22)23)7-5-31-16(17)18-7/h5,10,14H,2-4H2,1H3,(H2,17,18)(H,19,24)(H,22,23)(H,26,27)/t10?,14-/m1/s1. The first-order chi connectivity index (χ1) is 14.7. The number of carboxylic acids is 2. The Bertz CT molecular complexity index is 992. The van der Waals surface area contributed by atoms with Gasteiger partial charge in [-0.25, -0.2) is 14.6 Å². The Hall–Kier alpha value is -2.78. The maximum Gasteiger partial charge on any atom is 0.352 e. The number of hydrogen-bond donors (Lipinski definition) is 4. The van der Waals surface area contributed by atoms with Gasteiger partial charge in [0.25, 0.3) is 11.8 Å². The third-order valence-electron chi connectivity index (χ3n) is 4.18. The molecule has 15 heteroatoms. The van der Waals surface area contributed by atoms with Crippen LogP contribution in [-0.2, 0) is 24.0 Å². The third-order valence-corrected chi connectivity index (χ3v) is 6.83. The topological polar surface area (TPSA) is 185 Å². The number of thiazole rings is 1. The number of rotatable bonds is 9. The molecule has 2 aliphatic heterocycles. The Kier molecular flexibility index (Phi) is 7.07. The zero-order valence-corrected chi connectivity index (χ0v) is 18.4. The lowest BCUT2D eigenvalue weighted by Gasteiger charge is -2.49. The zero-order chi connectivity index (χ0) is 22.7. The molecular weight excluding hydrogens is 470 g/mol. The van der Waals surface area contributed by atoms with Crippen molar-refractivity contribution in [3.8, 4) is 0 Å². The number of β-lactam (4-membered cyclic amide) rings is 1. The molecule has 0 bridgehead atoms. The van der Waals surface area contributed by atoms with Crippen LogP contribution in [0.2, 0.25) is 0 Å². The molecule has 2 aliphatic rings. The highest BCUT2D eigenvalue weighted by atomic mass is 32.2. The normalized spacial score (nSPS) is 20.7. The van der Waals surface area contributed by atoms with Gasteiger partial charge in [-0.2, -0.15) is 11.8 Å². The molecule has 2 atom stereocenters. The van der Waals surface area contributed by atoms with Gasteiger partial charge < -0.3 is 26.1 Å². The maximum absolute atomic E-state index is 12.8. The molecule has 1 aromatic heterocycles. The lowest BCUT2D eigenvalue weighted by atomic mass is 10.0. The molecule has 1 aromatic rings. The number of carbonyl (C=O) groups excluding carboxylic acids is 2. The summed E-state index contributed by atoms with van der Waals surface area (Å²) < 4.78 is 0. The minimum Gasteiger partial charge on any atom is -0.479 e. The van der Waals surface area contributed by atoms with Gasteiger partial charge >= 0.3 is 11.9 Å². The summed E-state index contributed by atoms with van der Waals surface area (Å²) in [7, 11) is 0. The van der Waals surface area contributed by atoms with E-state index in [4.69, 9.17) is 10.8 Å². The van der Waals surface area contributed by atoms with Gasteiger partial charge in [0.2, 0.25) is 6.61 Å². The second-order valence-corrected chi connectivity index (χ2v) is 9.09. The quantitative estimate of drug-likeness (QED) is 0.202. The minimum atomic E-state index is -1.29. The highest BCUT2D eigenvalue weighted by molar-refractivity contribution is 8.00. The first-order valence-corrected chi connectivity index (χ1v) is 11.9. The highest BCUT2D eigenvalue weighted by Gasteiger charge is 2.54. The maximum atomic E-state index is 12.8. The number of nitrogens with one attached hydrogen (secondary N) is 1. The van der Waals surface area contributed by atoms with E-state index in [0.717, 1.165) is 11.3 Å². The van der Waals surface area contributed by atoms with Gasteiger partial charge in [-0.3, -0.25) is 14.5 Å². The lowest BCUT2D eigenvalue weighted by Crippen LogP contribution is -2.71. The highest BCUT2D eigenvalue weighted by Crippen LogP contribution is 2.40. The number of fused-ring (bicyclic) bond motifs is 1. The number of nitrogen functional groups attached to an aromatic ring is 1. The van der Waals surface area contributed by atoms with Gasteiger partial charge in [0, 0.05) is 16.9 Å². The van der Waals surface area contributed by atoms with Crippen molar-refractivity contribution in [1.82, 2.24) is 15.2 Å². The number of nitrogens with two attached hydrogens (primary N) is 1. The van der Waals surface area contributed by atoms with Crippen molar-refractivity contribution >= 4 is 69.5 Å². The number of carboxylic acid groups (broad SMARTS) is 2. The van der Waals surface area contributed by atoms with E-state index >= 15 is 0 Å². The smallest absolute Gasteiger partial charge is 0.352 e. The predicted molar refractivity (Wildman–Crippen MR) is 115 cm³/mol. The van der Waals surface area contributed by atoms with Crippen molar-refractivity contribution in [2.45, 2.75) is 11.4 Å². The zero-order valence-electron chi connectivity index (χ0n) is 15.9. The molecule has 1 unspecified atom stereocenters. The number of nitrogens with zero attached hydrogens (tertiary/aromatic N) is 3. The van der Waals surface area contributed by atoms with Crippen molar-refractivity contribution in [2.24, 2.45) is 5.16 Å². The predicted octanol–water partition coefficient (Wildman–Crippen LogP) is -0.368. The van der Waals surface area contributed by atoms with Crippen LogP contribution in [0.5, 0.6) is 0 Å². The van der Waals surface area contributed by atoms with Crippen LogP contribution in [0.4, 0.5) is 5.13 Å². The number of oxime groups is 1. The number of anilines is 1. The molecule has 3 rings (SSSR count). The largest absolute Gasteiger partial charge is 0.479 e. The third kappa shape index (κ3) is 4.77. The van der Waals surface area contributed by atoms with E-state index in [2.05, 4.69) is 20.3 Å². The van der Waals surface area contributed by atoms with Crippen LogP contribution in [0, 0.1) is 0 Å². The monoisotopic (exact) mass is 487 g/mol. The van der Waals surface area contributed by atoms with Crippen molar-refractivity contribution in [3.63, 3.8) is 0 Å². The Morgan fingerprint density at radius 2 is 2.19 bits per heavy atom. The molecule has 3 heterocycles. The van der Waals surface area contributed by atoms with Crippen molar-refractivity contribution in [3.05, 3.63) is 22.3 Å². The van der Waals surface area contributed by atoms with E-state index in [9.17, 15) is 24.3 Å². The molecule has 166 valence electrons. The molecule has 0 saturated carbocycles. The summed E-state index contributed by atoms with van der Waals surface area (Å²) in [6.07, 6.45) is 1.84. The summed E-state index contributed by atoms with van der Waals surface area (Å²) >= 11 is 3.83. The molecule has 1 fully saturated rings. The van der Waals surface area contributed by atoms with Gasteiger partial charge in [-0.15, -0.1) is 23.1 Å². The Morgan fingerprint density at radius 3 is 2.77 bits per heavy atom. The van der Waals surface area contributed by atoms with Crippen molar-refractivity contribution in [2.75, 3.05) is 30.1 Å². The average Bonchev–Trinajstić information content (AvgIpc) is 3.14. The molecule has 0 aromatic carbocycles. The summed E-state index contributed by atoms with van der Waals surface area (Å²) in [6.45, 7) is -0.782. The first-order valence-electron chi connectivity index (χ1n) is 8.57. The van der Waals surface area contributed by atoms with Gasteiger partial charge in [-0.1, -0.05) is 5.16 Å². The molecule has 5 N–H and O–H groups in total. The number of carbonyl (C=O) groups is 4. The van der Waals surface area contributed by atoms with E-state index in [1.807, 2.05) is 6.26 Å². The van der Waals surface area contributed by atoms with Crippen LogP contribution in [0.3, 0.4) is 0 Å². The summed E-state index contributed by atoms with van der Waals surface area (Å²) in [5.41, 5.74) is 5.87. The van der Waals surface area contributed by atoms with E-state index in [-0.39, 0.29) is 22.2 Å². The van der Waals surface area contributed by atoms with Gasteiger partial charge in [-0.05, 0) is 11.8 Å². The SMILES string of the molecule is CSCC1=C(C(=O)O)N2C(=O)C(NC(=O)C(=NOCC(=O)O)c3csc(N)n3)[C@H]2SC1. The Morgan fingerprint density at radius 1 is 1.45 bits per heavy atom. The second-order valence-electron chi connectivity index (χ2n) is 6.23. The van der Waals surface area contributed by atoms with Crippen LogP contribution in [0.1, 0.15) is 5.69 Å². The van der Waals surface area contributed by atoms with Crippen molar-refractivity contribution in [1.29, 1.82) is 0 Å². The van der Waals surface area contributed by atoms with E-state index in [1.165, 1.54) is 33.8 Å². The van der Waals surface area contributed by atoms with Gasteiger partial charge in [0.15, 0.2) is 10.8 Å². The van der Waals surface area contributed by atoms with Crippen LogP contribution >= 0.6 is 34.9 Å². The Balaban J connectivity index is 1.78. The summed E-state index contributed by atoms with van der Waals surface area (Å²) in [4.78, 5) is 57.6. The number of hydrogen-bond acceptors (Lipinski definition) is 11. The van der Waals surface area contributed by atoms with E-state index < -0.39 is 41.8 Å². The second kappa shape index (κ2) is 9.57. The molecule has 0 radical (unpaired) electrons. The van der Waals surface area contributed by atoms with Gasteiger partial charge in [0.1, 0.15) is 22.8 Å². The summed E-state index contributed by atoms with van der Waals surface area (Å²) in [5, 5.41) is 25.3. The number of aromatic nitrogens is 1. The summed E-state index contributed by atoms with van der Waals surface area (Å²) in [5.74, 6) is -3.00. The fourth-order valence-corrected chi connectivity index (χ4v) is 5.54. The fraction of sp³-hybridized carbons (Fsp3) is 0.375. The van der Waals surface area contributed by atoms with E-state index in [1.54, 1.807) is 0 Å². The van der Waals surface area contributed by atoms with Gasteiger partial charge in [0.05, 0.1) is 0 Å². The van der Waals surface area contributed by atoms with Crippen molar-refractivity contribution < 1.29 is 34.2 Å². The molecule has 12 nitrogen and oxygen atoms in total. The molecule has 0 aliphatic carbocycles.